The lowest BCUT2D eigenvalue weighted by molar-refractivity contribution is -0.134. The number of ether oxygens (including phenoxy) is 1. The molecule has 0 radical (unpaired) electrons. The lowest BCUT2D eigenvalue weighted by atomic mass is 10.0. The first kappa shape index (κ1) is 23.7. The molecule has 3 aromatic rings. The molecule has 0 bridgehead atoms. The summed E-state index contributed by atoms with van der Waals surface area (Å²) in [6, 6.07) is 9.46. The van der Waals surface area contributed by atoms with Crippen molar-refractivity contribution in [2.24, 2.45) is 0 Å². The average molecular weight is 495 g/mol. The summed E-state index contributed by atoms with van der Waals surface area (Å²) in [6.45, 7) is 2.03. The molecule has 0 unspecified atom stereocenters. The van der Waals surface area contributed by atoms with E-state index in [2.05, 4.69) is 9.97 Å². The van der Waals surface area contributed by atoms with Crippen LogP contribution < -0.4 is 4.90 Å². The third kappa shape index (κ3) is 5.61. The van der Waals surface area contributed by atoms with Crippen LogP contribution in [0.3, 0.4) is 0 Å². The zero-order valence-corrected chi connectivity index (χ0v) is 20.5. The summed E-state index contributed by atoms with van der Waals surface area (Å²) in [5.41, 5.74) is 1.54. The van der Waals surface area contributed by atoms with Crippen molar-refractivity contribution in [3.63, 3.8) is 0 Å². The second kappa shape index (κ2) is 11.1. The van der Waals surface area contributed by atoms with E-state index in [9.17, 15) is 9.59 Å². The van der Waals surface area contributed by atoms with E-state index in [0.717, 1.165) is 10.9 Å². The highest BCUT2D eigenvalue weighted by Gasteiger charge is 2.27. The molecule has 1 amide bonds. The average Bonchev–Trinajstić information content (AvgIpc) is 3.30. The van der Waals surface area contributed by atoms with Crippen LogP contribution in [0.4, 0.5) is 5.95 Å². The van der Waals surface area contributed by atoms with E-state index in [1.165, 1.54) is 32.1 Å². The number of benzene rings is 1. The predicted octanol–water partition coefficient (Wildman–Crippen LogP) is 4.29. The number of carbonyl (C=O) groups excluding carboxylic acids is 2. The largest absolute Gasteiger partial charge is 0.450 e. The van der Waals surface area contributed by atoms with Gasteiger partial charge in [0.2, 0.25) is 11.7 Å². The van der Waals surface area contributed by atoms with Crippen LogP contribution in [0.15, 0.2) is 47.1 Å². The van der Waals surface area contributed by atoms with E-state index in [4.69, 9.17) is 9.15 Å². The van der Waals surface area contributed by atoms with Gasteiger partial charge in [-0.15, -0.1) is 0 Å². The molecule has 1 saturated heterocycles. The molecule has 35 heavy (non-hydrogen) atoms. The minimum Gasteiger partial charge on any atom is -0.450 e. The summed E-state index contributed by atoms with van der Waals surface area (Å²) in [4.78, 5) is 38.0. The molecular weight excluding hydrogens is 464 g/mol. The molecule has 2 aliphatic rings. The molecule has 1 saturated carbocycles. The van der Waals surface area contributed by atoms with Crippen LogP contribution in [-0.4, -0.2) is 64.8 Å². The topological polar surface area (TPSA) is 88.8 Å². The number of thioether (sulfide) groups is 1. The smallest absolute Gasteiger partial charge is 0.375 e. The Bertz CT molecular complexity index is 1150. The van der Waals surface area contributed by atoms with Gasteiger partial charge in [-0.1, -0.05) is 37.5 Å². The lowest BCUT2D eigenvalue weighted by Gasteiger charge is -2.34. The Labute approximate surface area is 209 Å². The molecule has 1 aromatic carbocycles. The highest BCUT2D eigenvalue weighted by Crippen LogP contribution is 2.35. The maximum atomic E-state index is 13.0. The molecule has 184 valence electrons. The van der Waals surface area contributed by atoms with Crippen molar-refractivity contribution >= 4 is 40.6 Å². The molecule has 2 fully saturated rings. The van der Waals surface area contributed by atoms with Gasteiger partial charge in [-0.2, -0.15) is 11.8 Å². The number of fused-ring (bicyclic) bond motifs is 1. The fourth-order valence-electron chi connectivity index (χ4n) is 4.73. The fraction of sp³-hybridized carbons (Fsp3) is 0.462. The third-order valence-corrected chi connectivity index (χ3v) is 8.09. The number of furan rings is 1. The van der Waals surface area contributed by atoms with E-state index in [1.807, 2.05) is 40.9 Å². The molecule has 8 nitrogen and oxygen atoms in total. The second-order valence-electron chi connectivity index (χ2n) is 8.97. The lowest BCUT2D eigenvalue weighted by Crippen LogP contribution is -2.50. The number of amides is 1. The summed E-state index contributed by atoms with van der Waals surface area (Å²) in [6.07, 6.45) is 9.71. The van der Waals surface area contributed by atoms with Crippen LogP contribution in [0, 0.1) is 0 Å². The Morgan fingerprint density at radius 2 is 1.74 bits per heavy atom. The second-order valence-corrected chi connectivity index (χ2v) is 10.3. The first-order valence-electron chi connectivity index (χ1n) is 12.3. The Morgan fingerprint density at radius 1 is 1.00 bits per heavy atom. The van der Waals surface area contributed by atoms with Crippen LogP contribution in [0.5, 0.6) is 0 Å². The van der Waals surface area contributed by atoms with Gasteiger partial charge in [0.05, 0.1) is 0 Å². The summed E-state index contributed by atoms with van der Waals surface area (Å²) in [7, 11) is 0. The number of nitrogens with zero attached hydrogens (tertiary/aromatic N) is 4. The Morgan fingerprint density at radius 3 is 2.51 bits per heavy atom. The van der Waals surface area contributed by atoms with E-state index < -0.39 is 5.97 Å². The summed E-state index contributed by atoms with van der Waals surface area (Å²) in [5, 5.41) is 1.55. The Hall–Kier alpha value is -3.07. The van der Waals surface area contributed by atoms with Crippen molar-refractivity contribution in [3.8, 4) is 0 Å². The standard InChI is InChI=1S/C26H30N4O4S/c31-23(29-13-15-30(16-14-29)26-27-11-6-12-28-26)17-33-25(32)24-21(18-35-19-7-2-1-3-8-19)20-9-4-5-10-22(20)34-24/h4-6,9-12,19H,1-3,7-8,13-18H2. The first-order chi connectivity index (χ1) is 17.2. The minimum absolute atomic E-state index is 0.207. The molecule has 0 atom stereocenters. The predicted molar refractivity (Wildman–Crippen MR) is 135 cm³/mol. The van der Waals surface area contributed by atoms with Gasteiger partial charge in [0.15, 0.2) is 6.61 Å². The van der Waals surface area contributed by atoms with Gasteiger partial charge in [0.1, 0.15) is 5.58 Å². The maximum Gasteiger partial charge on any atom is 0.375 e. The summed E-state index contributed by atoms with van der Waals surface area (Å²) >= 11 is 1.89. The quantitative estimate of drug-likeness (QED) is 0.450. The number of para-hydroxylation sites is 1. The third-order valence-electron chi connectivity index (χ3n) is 6.69. The van der Waals surface area contributed by atoms with Crippen molar-refractivity contribution < 1.29 is 18.7 Å². The van der Waals surface area contributed by atoms with Gasteiger partial charge in [0, 0.05) is 60.5 Å². The monoisotopic (exact) mass is 494 g/mol. The highest BCUT2D eigenvalue weighted by atomic mass is 32.2. The van der Waals surface area contributed by atoms with Crippen LogP contribution in [0.2, 0.25) is 0 Å². The number of esters is 1. The van der Waals surface area contributed by atoms with Crippen molar-refractivity contribution in [3.05, 3.63) is 54.0 Å². The number of aromatic nitrogens is 2. The number of anilines is 1. The SMILES string of the molecule is O=C(OCC(=O)N1CCN(c2ncccn2)CC1)c1oc2ccccc2c1CSC1CCCCC1. The van der Waals surface area contributed by atoms with Gasteiger partial charge in [-0.25, -0.2) is 14.8 Å². The Balaban J connectivity index is 1.19. The minimum atomic E-state index is -0.579. The van der Waals surface area contributed by atoms with Crippen LogP contribution in [0.1, 0.15) is 48.2 Å². The van der Waals surface area contributed by atoms with E-state index in [0.29, 0.717) is 48.7 Å². The van der Waals surface area contributed by atoms with Crippen molar-refractivity contribution in [2.75, 3.05) is 37.7 Å². The van der Waals surface area contributed by atoms with Gasteiger partial charge in [-0.05, 0) is 25.0 Å². The zero-order chi connectivity index (χ0) is 24.0. The zero-order valence-electron chi connectivity index (χ0n) is 19.7. The number of piperazine rings is 1. The molecule has 1 aliphatic heterocycles. The molecular formula is C26H30N4O4S. The Kier molecular flexibility index (Phi) is 7.51. The summed E-state index contributed by atoms with van der Waals surface area (Å²) in [5.74, 6) is 0.790. The number of hydrogen-bond donors (Lipinski definition) is 0. The molecule has 2 aromatic heterocycles. The normalized spacial score (nSPS) is 17.0. The van der Waals surface area contributed by atoms with Gasteiger partial charge in [-0.3, -0.25) is 4.79 Å². The highest BCUT2D eigenvalue weighted by molar-refractivity contribution is 7.99. The number of rotatable bonds is 7. The van der Waals surface area contributed by atoms with Crippen LogP contribution in [0.25, 0.3) is 11.0 Å². The van der Waals surface area contributed by atoms with Gasteiger partial charge in [0.25, 0.3) is 5.91 Å². The van der Waals surface area contributed by atoms with Crippen molar-refractivity contribution in [2.45, 2.75) is 43.1 Å². The number of hydrogen-bond acceptors (Lipinski definition) is 8. The van der Waals surface area contributed by atoms with E-state index >= 15 is 0 Å². The van der Waals surface area contributed by atoms with Gasteiger partial charge >= 0.3 is 5.97 Å². The molecule has 0 N–H and O–H groups in total. The van der Waals surface area contributed by atoms with Gasteiger partial charge < -0.3 is 19.0 Å². The van der Waals surface area contributed by atoms with Crippen LogP contribution >= 0.6 is 11.8 Å². The molecule has 3 heterocycles. The summed E-state index contributed by atoms with van der Waals surface area (Å²) < 4.78 is 11.4. The number of carbonyl (C=O) groups is 2. The maximum absolute atomic E-state index is 13.0. The molecule has 5 rings (SSSR count). The van der Waals surface area contributed by atoms with Crippen molar-refractivity contribution in [1.29, 1.82) is 0 Å². The van der Waals surface area contributed by atoms with Crippen molar-refractivity contribution in [1.82, 2.24) is 14.9 Å². The molecule has 1 aliphatic carbocycles. The molecule has 9 heteroatoms. The van der Waals surface area contributed by atoms with E-state index in [1.54, 1.807) is 23.4 Å². The van der Waals surface area contributed by atoms with E-state index in [-0.39, 0.29) is 18.3 Å². The fourth-order valence-corrected chi connectivity index (χ4v) is 6.09. The first-order valence-corrected chi connectivity index (χ1v) is 13.3. The molecule has 0 spiro atoms. The van der Waals surface area contributed by atoms with Crippen LogP contribution in [-0.2, 0) is 15.3 Å².